The lowest BCUT2D eigenvalue weighted by Gasteiger charge is -2.31. The summed E-state index contributed by atoms with van der Waals surface area (Å²) in [6.07, 6.45) is 0. The van der Waals surface area contributed by atoms with Gasteiger partial charge in [-0.1, -0.05) is 147 Å². The highest BCUT2D eigenvalue weighted by molar-refractivity contribution is 7.26. The van der Waals surface area contributed by atoms with Crippen molar-refractivity contribution >= 4 is 80.9 Å². The summed E-state index contributed by atoms with van der Waals surface area (Å²) in [5.41, 5.74) is 11.3. The number of hydrogen-bond acceptors (Lipinski definition) is 2. The predicted molar refractivity (Wildman–Crippen MR) is 230 cm³/mol. The van der Waals surface area contributed by atoms with Gasteiger partial charge in [0.15, 0.2) is 0 Å². The largest absolute Gasteiger partial charge is 0.308 e. The van der Waals surface area contributed by atoms with Crippen LogP contribution in [0.15, 0.2) is 176 Å². The van der Waals surface area contributed by atoms with Gasteiger partial charge in [-0.25, -0.2) is 0 Å². The quantitative estimate of drug-likeness (QED) is 0.177. The van der Waals surface area contributed by atoms with Gasteiger partial charge >= 0.3 is 0 Å². The molecule has 53 heavy (non-hydrogen) atoms. The second-order valence-electron chi connectivity index (χ2n) is 14.9. The highest BCUT2D eigenvalue weighted by atomic mass is 32.1. The van der Waals surface area contributed by atoms with Crippen LogP contribution in [0.2, 0.25) is 0 Å². The van der Waals surface area contributed by atoms with Crippen molar-refractivity contribution in [1.82, 2.24) is 0 Å². The first-order valence-electron chi connectivity index (χ1n) is 18.4. The van der Waals surface area contributed by atoms with Gasteiger partial charge in [0.1, 0.15) is 0 Å². The topological polar surface area (TPSA) is 3.24 Å². The smallest absolute Gasteiger partial charge is 0.0640 e. The molecular formula is C51H35NS. The van der Waals surface area contributed by atoms with Crippen LogP contribution >= 0.6 is 11.3 Å². The summed E-state index contributed by atoms with van der Waals surface area (Å²) < 4.78 is 2.60. The number of rotatable bonds is 4. The minimum Gasteiger partial charge on any atom is -0.308 e. The van der Waals surface area contributed by atoms with Crippen LogP contribution in [0.3, 0.4) is 0 Å². The summed E-state index contributed by atoms with van der Waals surface area (Å²) in [4.78, 5) is 2.55. The third-order valence-corrected chi connectivity index (χ3v) is 12.8. The maximum absolute atomic E-state index is 2.55. The standard InChI is InChI=1S/C51H35NS/c1-51(2)44-30-35-16-4-3-15-34(35)29-43(44)39-27-26-36(31-45(39)51)52(47-23-12-22-42-40-20-9-10-24-48(40)53-50(42)47)46-28-25-33-14-6-8-19-38(33)49(46)41-21-11-17-32-13-5-7-18-37(32)41/h3-31H,1-2H3. The zero-order valence-corrected chi connectivity index (χ0v) is 30.4. The zero-order valence-electron chi connectivity index (χ0n) is 29.6. The van der Waals surface area contributed by atoms with E-state index in [0.29, 0.717) is 0 Å². The number of benzene rings is 9. The lowest BCUT2D eigenvalue weighted by Crippen LogP contribution is -2.17. The first kappa shape index (κ1) is 30.4. The molecule has 0 spiro atoms. The maximum atomic E-state index is 2.55. The van der Waals surface area contributed by atoms with Crippen molar-refractivity contribution in [2.45, 2.75) is 19.3 Å². The molecule has 9 aromatic carbocycles. The molecule has 0 aliphatic heterocycles. The molecule has 0 saturated carbocycles. The zero-order chi connectivity index (χ0) is 35.3. The summed E-state index contributed by atoms with van der Waals surface area (Å²) in [6, 6.07) is 65.5. The third-order valence-electron chi connectivity index (χ3n) is 11.6. The first-order chi connectivity index (χ1) is 26.0. The highest BCUT2D eigenvalue weighted by Gasteiger charge is 2.37. The van der Waals surface area contributed by atoms with Gasteiger partial charge in [0, 0.05) is 32.1 Å². The Kier molecular flexibility index (Phi) is 6.53. The molecule has 250 valence electrons. The molecule has 11 rings (SSSR count). The second-order valence-corrected chi connectivity index (χ2v) is 15.9. The van der Waals surface area contributed by atoms with Crippen LogP contribution in [0.5, 0.6) is 0 Å². The molecule has 0 atom stereocenters. The molecule has 1 nitrogen and oxygen atoms in total. The van der Waals surface area contributed by atoms with Gasteiger partial charge in [-0.2, -0.15) is 0 Å². The number of anilines is 3. The van der Waals surface area contributed by atoms with Crippen LogP contribution in [0.1, 0.15) is 25.0 Å². The van der Waals surface area contributed by atoms with E-state index in [1.54, 1.807) is 0 Å². The monoisotopic (exact) mass is 693 g/mol. The van der Waals surface area contributed by atoms with Crippen LogP contribution in [0, 0.1) is 0 Å². The van der Waals surface area contributed by atoms with E-state index >= 15 is 0 Å². The lowest BCUT2D eigenvalue weighted by atomic mass is 9.81. The molecule has 0 N–H and O–H groups in total. The Hall–Kier alpha value is -6.22. The molecule has 1 aliphatic carbocycles. The van der Waals surface area contributed by atoms with E-state index in [1.807, 2.05) is 11.3 Å². The summed E-state index contributed by atoms with van der Waals surface area (Å²) >= 11 is 1.89. The average Bonchev–Trinajstić information content (AvgIpc) is 3.69. The summed E-state index contributed by atoms with van der Waals surface area (Å²) in [5, 5.41) is 10.2. The Morgan fingerprint density at radius 3 is 1.87 bits per heavy atom. The minimum absolute atomic E-state index is 0.165. The third kappa shape index (κ3) is 4.49. The molecule has 0 saturated heterocycles. The fourth-order valence-corrected chi connectivity index (χ4v) is 10.2. The van der Waals surface area contributed by atoms with E-state index in [0.717, 1.165) is 5.69 Å². The molecule has 0 radical (unpaired) electrons. The molecular weight excluding hydrogens is 659 g/mol. The van der Waals surface area contributed by atoms with Gasteiger partial charge in [-0.05, 0) is 103 Å². The van der Waals surface area contributed by atoms with Crippen LogP contribution in [-0.2, 0) is 5.41 Å². The van der Waals surface area contributed by atoms with Crippen molar-refractivity contribution < 1.29 is 0 Å². The molecule has 1 aromatic heterocycles. The number of fused-ring (bicyclic) bond motifs is 9. The van der Waals surface area contributed by atoms with Crippen LogP contribution < -0.4 is 4.90 Å². The van der Waals surface area contributed by atoms with Crippen molar-refractivity contribution in [2.75, 3.05) is 4.90 Å². The second kappa shape index (κ2) is 11.4. The molecule has 1 aliphatic rings. The number of thiophene rings is 1. The number of hydrogen-bond donors (Lipinski definition) is 0. The van der Waals surface area contributed by atoms with E-state index in [9.17, 15) is 0 Å². The average molecular weight is 694 g/mol. The molecule has 1 heterocycles. The van der Waals surface area contributed by atoms with Crippen LogP contribution in [0.25, 0.3) is 74.7 Å². The fraction of sp³-hybridized carbons (Fsp3) is 0.0588. The Morgan fingerprint density at radius 2 is 1.04 bits per heavy atom. The van der Waals surface area contributed by atoms with Gasteiger partial charge in [-0.3, -0.25) is 0 Å². The van der Waals surface area contributed by atoms with Crippen molar-refractivity contribution in [3.05, 3.63) is 187 Å². The van der Waals surface area contributed by atoms with Gasteiger partial charge < -0.3 is 4.90 Å². The highest BCUT2D eigenvalue weighted by Crippen LogP contribution is 2.54. The first-order valence-corrected chi connectivity index (χ1v) is 19.2. The predicted octanol–water partition coefficient (Wildman–Crippen LogP) is 15.0. The van der Waals surface area contributed by atoms with E-state index in [4.69, 9.17) is 0 Å². The lowest BCUT2D eigenvalue weighted by molar-refractivity contribution is 0.661. The van der Waals surface area contributed by atoms with Gasteiger partial charge in [0.05, 0.1) is 16.1 Å². The van der Waals surface area contributed by atoms with E-state index in [-0.39, 0.29) is 5.41 Å². The van der Waals surface area contributed by atoms with E-state index in [2.05, 4.69) is 195 Å². The summed E-state index contributed by atoms with van der Waals surface area (Å²) in [5.74, 6) is 0. The van der Waals surface area contributed by atoms with E-state index < -0.39 is 0 Å². The van der Waals surface area contributed by atoms with Crippen molar-refractivity contribution in [3.63, 3.8) is 0 Å². The van der Waals surface area contributed by atoms with Crippen molar-refractivity contribution in [3.8, 4) is 22.3 Å². The van der Waals surface area contributed by atoms with Crippen molar-refractivity contribution in [1.29, 1.82) is 0 Å². The van der Waals surface area contributed by atoms with E-state index in [1.165, 1.54) is 97.2 Å². The summed E-state index contributed by atoms with van der Waals surface area (Å²) in [6.45, 7) is 4.79. The van der Waals surface area contributed by atoms with Crippen LogP contribution in [0.4, 0.5) is 17.1 Å². The Labute approximate surface area is 313 Å². The number of nitrogens with zero attached hydrogens (tertiary/aromatic N) is 1. The Balaban J connectivity index is 1.23. The normalized spacial score (nSPS) is 13.2. The molecule has 0 amide bonds. The molecule has 10 aromatic rings. The molecule has 0 fully saturated rings. The summed E-state index contributed by atoms with van der Waals surface area (Å²) in [7, 11) is 0. The minimum atomic E-state index is -0.165. The van der Waals surface area contributed by atoms with Crippen molar-refractivity contribution in [2.24, 2.45) is 0 Å². The van der Waals surface area contributed by atoms with Gasteiger partial charge in [-0.15, -0.1) is 11.3 Å². The van der Waals surface area contributed by atoms with Gasteiger partial charge in [0.25, 0.3) is 0 Å². The maximum Gasteiger partial charge on any atom is 0.0640 e. The van der Waals surface area contributed by atoms with Crippen LogP contribution in [-0.4, -0.2) is 0 Å². The molecule has 0 unspecified atom stereocenters. The molecule has 2 heteroatoms. The Morgan fingerprint density at radius 1 is 0.415 bits per heavy atom. The Bertz CT molecular complexity index is 3100. The van der Waals surface area contributed by atoms with Gasteiger partial charge in [0.2, 0.25) is 0 Å². The molecule has 0 bridgehead atoms. The fourth-order valence-electron chi connectivity index (χ4n) is 9.04. The SMILES string of the molecule is CC1(C)c2cc(N(c3ccc4ccccc4c3-c3cccc4ccccc34)c3cccc4c3sc3ccccc34)ccc2-c2cc3ccccc3cc21.